The van der Waals surface area contributed by atoms with Crippen LogP contribution < -0.4 is 0 Å². The van der Waals surface area contributed by atoms with Gasteiger partial charge in [0, 0.05) is 19.3 Å². The number of ether oxygens (including phenoxy) is 3. The second-order valence-electron chi connectivity index (χ2n) is 18.1. The quantitative estimate of drug-likeness (QED) is 0.0262. The lowest BCUT2D eigenvalue weighted by atomic mass is 10.0. The fourth-order valence-corrected chi connectivity index (χ4v) is 7.75. The molecule has 0 aliphatic carbocycles. The van der Waals surface area contributed by atoms with Gasteiger partial charge in [0.1, 0.15) is 13.2 Å². The number of hydrogen-bond donors (Lipinski definition) is 0. The van der Waals surface area contributed by atoms with Gasteiger partial charge in [-0.05, 0) is 77.0 Å². The van der Waals surface area contributed by atoms with Crippen LogP contribution in [0.3, 0.4) is 0 Å². The molecule has 0 heterocycles. The molecule has 0 amide bonds. The standard InChI is InChI=1S/C57H102O6/c1-4-7-10-13-15-17-19-21-22-23-24-25-26-27-28-29-30-31-32-33-34-36-37-39-41-44-47-50-56(59)62-53-54(52-61-55(58)49-46-43-12-9-6-3)63-57(60)51-48-45-42-40-38-35-20-18-16-14-11-8-5-2/h8,11,16,18,23-24,35,38,54H,4-7,9-10,12-15,17,19-22,25-34,36-37,39-53H2,1-3H3/b11-8-,18-16-,24-23-,38-35-. The Balaban J connectivity index is 4.00. The van der Waals surface area contributed by atoms with Crippen LogP contribution in [0.15, 0.2) is 48.6 Å². The molecule has 0 bridgehead atoms. The third-order valence-electron chi connectivity index (χ3n) is 11.8. The zero-order valence-electron chi connectivity index (χ0n) is 41.8. The van der Waals surface area contributed by atoms with E-state index in [4.69, 9.17) is 14.2 Å². The monoisotopic (exact) mass is 883 g/mol. The Kier molecular flexibility index (Phi) is 49.8. The van der Waals surface area contributed by atoms with Crippen LogP contribution in [-0.4, -0.2) is 37.2 Å². The molecule has 0 spiro atoms. The summed E-state index contributed by atoms with van der Waals surface area (Å²) in [5, 5.41) is 0. The fraction of sp³-hybridized carbons (Fsp3) is 0.807. The normalized spacial score (nSPS) is 12.4. The Morgan fingerprint density at radius 1 is 0.333 bits per heavy atom. The maximum atomic E-state index is 12.7. The zero-order valence-corrected chi connectivity index (χ0v) is 41.8. The average Bonchev–Trinajstić information content (AvgIpc) is 3.28. The lowest BCUT2D eigenvalue weighted by molar-refractivity contribution is -0.167. The number of carbonyl (C=O) groups excluding carboxylic acids is 3. The molecule has 0 N–H and O–H groups in total. The molecule has 0 fully saturated rings. The number of hydrogen-bond acceptors (Lipinski definition) is 6. The van der Waals surface area contributed by atoms with Crippen molar-refractivity contribution in [2.75, 3.05) is 13.2 Å². The molecular weight excluding hydrogens is 781 g/mol. The molecule has 6 nitrogen and oxygen atoms in total. The van der Waals surface area contributed by atoms with Crippen molar-refractivity contribution in [1.29, 1.82) is 0 Å². The van der Waals surface area contributed by atoms with Crippen LogP contribution in [0, 0.1) is 0 Å². The minimum atomic E-state index is -0.782. The molecule has 0 aromatic heterocycles. The SMILES string of the molecule is CC/C=C\C/C=C\C/C=C\CCCCCC(=O)OC(COC(=O)CCCCCCC)COC(=O)CCCCCCCCCCCCCCCCC/C=C\CCCCCCCCCC. The zero-order chi connectivity index (χ0) is 45.8. The Labute approximate surface area is 390 Å². The number of esters is 3. The van der Waals surface area contributed by atoms with Gasteiger partial charge in [0.15, 0.2) is 6.10 Å². The first-order valence-electron chi connectivity index (χ1n) is 27.1. The molecule has 0 saturated carbocycles. The summed E-state index contributed by atoms with van der Waals surface area (Å²) in [5.41, 5.74) is 0. The van der Waals surface area contributed by atoms with Gasteiger partial charge in [0.05, 0.1) is 0 Å². The topological polar surface area (TPSA) is 78.9 Å². The molecule has 63 heavy (non-hydrogen) atoms. The highest BCUT2D eigenvalue weighted by Crippen LogP contribution is 2.16. The first-order valence-corrected chi connectivity index (χ1v) is 27.1. The van der Waals surface area contributed by atoms with Gasteiger partial charge in [0.2, 0.25) is 0 Å². The lowest BCUT2D eigenvalue weighted by Gasteiger charge is -2.18. The van der Waals surface area contributed by atoms with Crippen molar-refractivity contribution in [3.63, 3.8) is 0 Å². The van der Waals surface area contributed by atoms with E-state index >= 15 is 0 Å². The van der Waals surface area contributed by atoms with Crippen molar-refractivity contribution in [2.45, 2.75) is 284 Å². The van der Waals surface area contributed by atoms with Gasteiger partial charge in [-0.25, -0.2) is 0 Å². The Bertz CT molecular complexity index is 1110. The summed E-state index contributed by atoms with van der Waals surface area (Å²) in [5.74, 6) is -0.921. The van der Waals surface area contributed by atoms with E-state index in [1.807, 2.05) is 0 Å². The molecule has 366 valence electrons. The third-order valence-corrected chi connectivity index (χ3v) is 11.8. The fourth-order valence-electron chi connectivity index (χ4n) is 7.75. The van der Waals surface area contributed by atoms with Crippen LogP contribution >= 0.6 is 0 Å². The van der Waals surface area contributed by atoms with Gasteiger partial charge in [-0.3, -0.25) is 14.4 Å². The summed E-state index contributed by atoms with van der Waals surface area (Å²) < 4.78 is 16.6. The first kappa shape index (κ1) is 60.4. The summed E-state index contributed by atoms with van der Waals surface area (Å²) in [6, 6.07) is 0. The molecule has 0 aromatic rings. The van der Waals surface area contributed by atoms with E-state index < -0.39 is 6.10 Å². The van der Waals surface area contributed by atoms with Crippen molar-refractivity contribution in [2.24, 2.45) is 0 Å². The highest BCUT2D eigenvalue weighted by Gasteiger charge is 2.19. The number of rotatable bonds is 49. The third kappa shape index (κ3) is 50.2. The predicted molar refractivity (Wildman–Crippen MR) is 270 cm³/mol. The predicted octanol–water partition coefficient (Wildman–Crippen LogP) is 17.9. The Hall–Kier alpha value is -2.63. The van der Waals surface area contributed by atoms with Crippen molar-refractivity contribution in [3.05, 3.63) is 48.6 Å². The smallest absolute Gasteiger partial charge is 0.306 e. The molecule has 0 aliphatic rings. The minimum Gasteiger partial charge on any atom is -0.462 e. The minimum absolute atomic E-state index is 0.0835. The van der Waals surface area contributed by atoms with Crippen LogP contribution in [0.4, 0.5) is 0 Å². The van der Waals surface area contributed by atoms with Gasteiger partial charge in [-0.2, -0.15) is 0 Å². The lowest BCUT2D eigenvalue weighted by Crippen LogP contribution is -2.30. The molecule has 1 unspecified atom stereocenters. The van der Waals surface area contributed by atoms with Crippen LogP contribution in [0.1, 0.15) is 278 Å². The summed E-state index contributed by atoms with van der Waals surface area (Å²) in [6.07, 6.45) is 63.1. The first-order chi connectivity index (χ1) is 31.0. The average molecular weight is 883 g/mol. The Morgan fingerprint density at radius 3 is 1.00 bits per heavy atom. The highest BCUT2D eigenvalue weighted by atomic mass is 16.6. The van der Waals surface area contributed by atoms with E-state index in [2.05, 4.69) is 69.4 Å². The molecule has 6 heteroatoms. The maximum absolute atomic E-state index is 12.7. The summed E-state index contributed by atoms with van der Waals surface area (Å²) in [7, 11) is 0. The summed E-state index contributed by atoms with van der Waals surface area (Å²) in [6.45, 7) is 6.43. The maximum Gasteiger partial charge on any atom is 0.306 e. The van der Waals surface area contributed by atoms with E-state index in [1.165, 1.54) is 148 Å². The van der Waals surface area contributed by atoms with Gasteiger partial charge < -0.3 is 14.2 Å². The van der Waals surface area contributed by atoms with Gasteiger partial charge in [-0.1, -0.05) is 230 Å². The van der Waals surface area contributed by atoms with E-state index in [0.29, 0.717) is 19.3 Å². The molecule has 1 atom stereocenters. The van der Waals surface area contributed by atoms with Crippen LogP contribution in [-0.2, 0) is 28.6 Å². The summed E-state index contributed by atoms with van der Waals surface area (Å²) in [4.78, 5) is 37.6. The van der Waals surface area contributed by atoms with E-state index in [-0.39, 0.29) is 31.1 Å². The van der Waals surface area contributed by atoms with Crippen molar-refractivity contribution < 1.29 is 28.6 Å². The molecule has 0 saturated heterocycles. The van der Waals surface area contributed by atoms with E-state index in [0.717, 1.165) is 89.9 Å². The van der Waals surface area contributed by atoms with Crippen molar-refractivity contribution >= 4 is 17.9 Å². The number of allylic oxidation sites excluding steroid dienone is 8. The van der Waals surface area contributed by atoms with Gasteiger partial charge >= 0.3 is 17.9 Å². The van der Waals surface area contributed by atoms with Crippen LogP contribution in [0.25, 0.3) is 0 Å². The molecule has 0 aromatic carbocycles. The van der Waals surface area contributed by atoms with Crippen LogP contribution in [0.5, 0.6) is 0 Å². The number of unbranched alkanes of at least 4 members (excludes halogenated alkanes) is 30. The second kappa shape index (κ2) is 52.0. The van der Waals surface area contributed by atoms with E-state index in [1.54, 1.807) is 0 Å². The van der Waals surface area contributed by atoms with Crippen molar-refractivity contribution in [3.8, 4) is 0 Å². The van der Waals surface area contributed by atoms with Crippen molar-refractivity contribution in [1.82, 2.24) is 0 Å². The Morgan fingerprint density at radius 2 is 0.619 bits per heavy atom. The molecule has 0 radical (unpaired) electrons. The molecular formula is C57H102O6. The second-order valence-corrected chi connectivity index (χ2v) is 18.1. The van der Waals surface area contributed by atoms with Gasteiger partial charge in [-0.15, -0.1) is 0 Å². The van der Waals surface area contributed by atoms with E-state index in [9.17, 15) is 14.4 Å². The van der Waals surface area contributed by atoms with Crippen LogP contribution in [0.2, 0.25) is 0 Å². The van der Waals surface area contributed by atoms with Gasteiger partial charge in [0.25, 0.3) is 0 Å². The molecule has 0 aliphatic heterocycles. The highest BCUT2D eigenvalue weighted by molar-refractivity contribution is 5.71. The molecule has 0 rings (SSSR count). The largest absolute Gasteiger partial charge is 0.462 e. The number of carbonyl (C=O) groups is 3. The summed E-state index contributed by atoms with van der Waals surface area (Å²) >= 11 is 0.